The van der Waals surface area contributed by atoms with Crippen LogP contribution in [0.4, 0.5) is 0 Å². The Morgan fingerprint density at radius 2 is 2.38 bits per heavy atom. The Morgan fingerprint density at radius 3 is 2.92 bits per heavy atom. The second-order valence-corrected chi connectivity index (χ2v) is 4.05. The minimum absolute atomic E-state index is 0.0354. The summed E-state index contributed by atoms with van der Waals surface area (Å²) in [6, 6.07) is 0. The minimum Gasteiger partial charge on any atom is -0.393 e. The quantitative estimate of drug-likeness (QED) is 0.704. The van der Waals surface area contributed by atoms with E-state index in [0.717, 1.165) is 25.0 Å². The van der Waals surface area contributed by atoms with Crippen LogP contribution in [0.1, 0.15) is 31.9 Å². The zero-order chi connectivity index (χ0) is 9.31. The first-order valence-corrected chi connectivity index (χ1v) is 4.65. The number of rotatable bonds is 1. The van der Waals surface area contributed by atoms with Gasteiger partial charge in [0.15, 0.2) is 0 Å². The summed E-state index contributed by atoms with van der Waals surface area (Å²) in [4.78, 5) is 8.35. The summed E-state index contributed by atoms with van der Waals surface area (Å²) in [5, 5.41) is 9.48. The molecular formula is C10H14N2O. The van der Waals surface area contributed by atoms with Crippen molar-refractivity contribution >= 4 is 0 Å². The van der Waals surface area contributed by atoms with Crippen LogP contribution in [0.2, 0.25) is 0 Å². The van der Waals surface area contributed by atoms with Gasteiger partial charge in [-0.25, -0.2) is 0 Å². The van der Waals surface area contributed by atoms with Crippen molar-refractivity contribution in [3.8, 4) is 0 Å². The lowest BCUT2D eigenvalue weighted by Gasteiger charge is -2.21. The lowest BCUT2D eigenvalue weighted by Crippen LogP contribution is -2.20. The Bertz CT molecular complexity index is 288. The van der Waals surface area contributed by atoms with Gasteiger partial charge < -0.3 is 5.11 Å². The first-order chi connectivity index (χ1) is 6.21. The van der Waals surface area contributed by atoms with E-state index in [0.29, 0.717) is 0 Å². The fourth-order valence-corrected chi connectivity index (χ4v) is 2.05. The molecule has 3 nitrogen and oxygen atoms in total. The standard InChI is InChI=1S/C10H14N2O/c1-10(3-2-8(13)6-10)9-7-11-4-5-12-9/h4-5,7-8,13H,2-3,6H2,1H3. The maximum absolute atomic E-state index is 9.48. The molecule has 1 aromatic heterocycles. The van der Waals surface area contributed by atoms with Gasteiger partial charge in [-0.15, -0.1) is 0 Å². The van der Waals surface area contributed by atoms with E-state index < -0.39 is 0 Å². The second kappa shape index (κ2) is 3.07. The van der Waals surface area contributed by atoms with Crippen molar-refractivity contribution in [2.75, 3.05) is 0 Å². The first-order valence-electron chi connectivity index (χ1n) is 4.65. The molecule has 0 amide bonds. The molecule has 2 rings (SSSR count). The predicted octanol–water partition coefficient (Wildman–Crippen LogP) is 1.28. The molecule has 0 aromatic carbocycles. The Morgan fingerprint density at radius 1 is 1.54 bits per heavy atom. The van der Waals surface area contributed by atoms with Crippen molar-refractivity contribution in [3.05, 3.63) is 24.3 Å². The predicted molar refractivity (Wildman–Crippen MR) is 49.2 cm³/mol. The molecule has 1 heterocycles. The monoisotopic (exact) mass is 178 g/mol. The van der Waals surface area contributed by atoms with Gasteiger partial charge in [0.2, 0.25) is 0 Å². The highest BCUT2D eigenvalue weighted by atomic mass is 16.3. The molecule has 1 saturated carbocycles. The lowest BCUT2D eigenvalue weighted by atomic mass is 9.85. The third kappa shape index (κ3) is 1.56. The van der Waals surface area contributed by atoms with Gasteiger partial charge in [0, 0.05) is 24.0 Å². The highest BCUT2D eigenvalue weighted by molar-refractivity contribution is 5.14. The van der Waals surface area contributed by atoms with E-state index in [-0.39, 0.29) is 11.5 Å². The van der Waals surface area contributed by atoms with Crippen LogP contribution < -0.4 is 0 Å². The van der Waals surface area contributed by atoms with E-state index in [2.05, 4.69) is 16.9 Å². The van der Waals surface area contributed by atoms with Gasteiger partial charge in [0.1, 0.15) is 0 Å². The lowest BCUT2D eigenvalue weighted by molar-refractivity contribution is 0.175. The highest BCUT2D eigenvalue weighted by Crippen LogP contribution is 2.39. The molecule has 1 aliphatic carbocycles. The highest BCUT2D eigenvalue weighted by Gasteiger charge is 2.36. The third-order valence-corrected chi connectivity index (χ3v) is 2.90. The summed E-state index contributed by atoms with van der Waals surface area (Å²) < 4.78 is 0. The molecule has 3 heteroatoms. The number of nitrogens with zero attached hydrogens (tertiary/aromatic N) is 2. The van der Waals surface area contributed by atoms with E-state index in [1.54, 1.807) is 18.6 Å². The van der Waals surface area contributed by atoms with Crippen LogP contribution in [-0.4, -0.2) is 21.2 Å². The molecule has 1 fully saturated rings. The largest absolute Gasteiger partial charge is 0.393 e. The number of hydrogen-bond acceptors (Lipinski definition) is 3. The molecule has 0 aliphatic heterocycles. The maximum atomic E-state index is 9.48. The molecule has 70 valence electrons. The smallest absolute Gasteiger partial charge is 0.0646 e. The summed E-state index contributed by atoms with van der Waals surface area (Å²) in [6.07, 6.45) is 7.74. The van der Waals surface area contributed by atoms with Crippen LogP contribution in [0.15, 0.2) is 18.6 Å². The van der Waals surface area contributed by atoms with Gasteiger partial charge in [-0.2, -0.15) is 0 Å². The third-order valence-electron chi connectivity index (χ3n) is 2.90. The summed E-state index contributed by atoms with van der Waals surface area (Å²) in [5.41, 5.74) is 1.04. The molecule has 0 spiro atoms. The number of aliphatic hydroxyl groups excluding tert-OH is 1. The Labute approximate surface area is 77.8 Å². The zero-order valence-corrected chi connectivity index (χ0v) is 7.77. The molecular weight excluding hydrogens is 164 g/mol. The average Bonchev–Trinajstić information content (AvgIpc) is 2.49. The number of aromatic nitrogens is 2. The van der Waals surface area contributed by atoms with Gasteiger partial charge in [0.25, 0.3) is 0 Å². The normalized spacial score (nSPS) is 33.5. The van der Waals surface area contributed by atoms with Crippen LogP contribution in [-0.2, 0) is 5.41 Å². The van der Waals surface area contributed by atoms with Gasteiger partial charge in [0.05, 0.1) is 11.8 Å². The average molecular weight is 178 g/mol. The van der Waals surface area contributed by atoms with Crippen LogP contribution in [0.25, 0.3) is 0 Å². The van der Waals surface area contributed by atoms with Crippen molar-refractivity contribution in [1.29, 1.82) is 0 Å². The molecule has 2 unspecified atom stereocenters. The van der Waals surface area contributed by atoms with Crippen molar-refractivity contribution in [2.24, 2.45) is 0 Å². The van der Waals surface area contributed by atoms with Gasteiger partial charge in [-0.3, -0.25) is 9.97 Å². The minimum atomic E-state index is -0.160. The molecule has 0 radical (unpaired) electrons. The van der Waals surface area contributed by atoms with Gasteiger partial charge in [-0.05, 0) is 19.3 Å². The molecule has 13 heavy (non-hydrogen) atoms. The Balaban J connectivity index is 2.26. The van der Waals surface area contributed by atoms with E-state index in [4.69, 9.17) is 0 Å². The van der Waals surface area contributed by atoms with Crippen LogP contribution in [0, 0.1) is 0 Å². The van der Waals surface area contributed by atoms with E-state index >= 15 is 0 Å². The van der Waals surface area contributed by atoms with Crippen molar-refractivity contribution < 1.29 is 5.11 Å². The second-order valence-electron chi connectivity index (χ2n) is 4.05. The van der Waals surface area contributed by atoms with Crippen LogP contribution in [0.5, 0.6) is 0 Å². The summed E-state index contributed by atoms with van der Waals surface area (Å²) in [5.74, 6) is 0. The Hall–Kier alpha value is -0.960. The van der Waals surface area contributed by atoms with Crippen LogP contribution >= 0.6 is 0 Å². The molecule has 1 N–H and O–H groups in total. The van der Waals surface area contributed by atoms with Crippen molar-refractivity contribution in [1.82, 2.24) is 9.97 Å². The first kappa shape index (κ1) is 8.63. The number of hydrogen-bond donors (Lipinski definition) is 1. The van der Waals surface area contributed by atoms with Crippen LogP contribution in [0.3, 0.4) is 0 Å². The van der Waals surface area contributed by atoms with E-state index in [1.807, 2.05) is 0 Å². The Kier molecular flexibility index (Phi) is 2.04. The van der Waals surface area contributed by atoms with Gasteiger partial charge >= 0.3 is 0 Å². The summed E-state index contributed by atoms with van der Waals surface area (Å²) in [7, 11) is 0. The summed E-state index contributed by atoms with van der Waals surface area (Å²) >= 11 is 0. The van der Waals surface area contributed by atoms with E-state index in [9.17, 15) is 5.11 Å². The van der Waals surface area contributed by atoms with E-state index in [1.165, 1.54) is 0 Å². The molecule has 0 bridgehead atoms. The zero-order valence-electron chi connectivity index (χ0n) is 7.77. The maximum Gasteiger partial charge on any atom is 0.0646 e. The fourth-order valence-electron chi connectivity index (χ4n) is 2.05. The molecule has 2 atom stereocenters. The number of aliphatic hydroxyl groups is 1. The molecule has 1 aliphatic rings. The summed E-state index contributed by atoms with van der Waals surface area (Å²) in [6.45, 7) is 2.15. The molecule has 1 aromatic rings. The van der Waals surface area contributed by atoms with Crippen molar-refractivity contribution in [3.63, 3.8) is 0 Å². The topological polar surface area (TPSA) is 46.0 Å². The van der Waals surface area contributed by atoms with Crippen molar-refractivity contribution in [2.45, 2.75) is 37.7 Å². The van der Waals surface area contributed by atoms with Gasteiger partial charge in [-0.1, -0.05) is 6.92 Å². The SMILES string of the molecule is CC1(c2cnccn2)CCC(O)C1. The molecule has 0 saturated heterocycles. The fraction of sp³-hybridized carbons (Fsp3) is 0.600.